The van der Waals surface area contributed by atoms with Crippen LogP contribution in [-0.2, 0) is 14.3 Å². The molecule has 2 aliphatic rings. The smallest absolute Gasteiger partial charge is 0.313 e. The van der Waals surface area contributed by atoms with Crippen molar-refractivity contribution in [3.63, 3.8) is 0 Å². The van der Waals surface area contributed by atoms with Crippen LogP contribution in [-0.4, -0.2) is 24.0 Å². The topological polar surface area (TPSA) is 55.8 Å². The van der Waals surface area contributed by atoms with Crippen molar-refractivity contribution in [1.82, 2.24) is 0 Å². The van der Waals surface area contributed by atoms with E-state index in [0.29, 0.717) is 30.1 Å². The first-order valence-electron chi connectivity index (χ1n) is 11.9. The highest BCUT2D eigenvalue weighted by atomic mass is 16.7. The Labute approximate surface area is 189 Å². The zero-order valence-corrected chi connectivity index (χ0v) is 20.5. The SMILES string of the molecule is CCC(C)c1ccc(O)cc1.CCOC(OC(=O)C(C)(C)CC)C1(C)CC2C=CC1C2. The molecule has 31 heavy (non-hydrogen) atoms. The summed E-state index contributed by atoms with van der Waals surface area (Å²) < 4.78 is 11.6. The van der Waals surface area contributed by atoms with Gasteiger partial charge in [0, 0.05) is 12.0 Å². The average Bonchev–Trinajstić information content (AvgIpc) is 3.35. The van der Waals surface area contributed by atoms with Crippen LogP contribution in [0.25, 0.3) is 0 Å². The highest BCUT2D eigenvalue weighted by Crippen LogP contribution is 2.54. The second kappa shape index (κ2) is 10.7. The van der Waals surface area contributed by atoms with E-state index >= 15 is 0 Å². The summed E-state index contributed by atoms with van der Waals surface area (Å²) in [5, 5.41) is 9.01. The van der Waals surface area contributed by atoms with E-state index in [2.05, 4.69) is 32.9 Å². The van der Waals surface area contributed by atoms with Gasteiger partial charge in [-0.2, -0.15) is 0 Å². The van der Waals surface area contributed by atoms with E-state index in [4.69, 9.17) is 14.6 Å². The zero-order chi connectivity index (χ0) is 23.2. The molecule has 1 fully saturated rings. The Morgan fingerprint density at radius 3 is 2.29 bits per heavy atom. The first-order valence-corrected chi connectivity index (χ1v) is 11.9. The number of phenolic OH excluding ortho intramolecular Hbond substituents is 1. The van der Waals surface area contributed by atoms with Crippen molar-refractivity contribution in [3.8, 4) is 5.75 Å². The van der Waals surface area contributed by atoms with Gasteiger partial charge in [0.15, 0.2) is 0 Å². The summed E-state index contributed by atoms with van der Waals surface area (Å²) in [6.07, 6.45) is 8.29. The summed E-state index contributed by atoms with van der Waals surface area (Å²) in [6.45, 7) is 15.0. The number of benzene rings is 1. The normalized spacial score (nSPS) is 26.2. The third-order valence-corrected chi connectivity index (χ3v) is 7.30. The first kappa shape index (κ1) is 25.5. The summed E-state index contributed by atoms with van der Waals surface area (Å²) in [7, 11) is 0. The molecular formula is C27H42O4. The van der Waals surface area contributed by atoms with Gasteiger partial charge in [0.25, 0.3) is 0 Å². The Kier molecular flexibility index (Phi) is 8.76. The first-order chi connectivity index (χ1) is 14.6. The lowest BCUT2D eigenvalue weighted by atomic mass is 9.76. The number of phenols is 1. The van der Waals surface area contributed by atoms with Crippen LogP contribution in [0, 0.1) is 22.7 Å². The van der Waals surface area contributed by atoms with Gasteiger partial charge in [-0.25, -0.2) is 0 Å². The van der Waals surface area contributed by atoms with E-state index < -0.39 is 11.7 Å². The Morgan fingerprint density at radius 2 is 1.84 bits per heavy atom. The van der Waals surface area contributed by atoms with Crippen LogP contribution < -0.4 is 0 Å². The summed E-state index contributed by atoms with van der Waals surface area (Å²) in [5.74, 6) is 1.89. The van der Waals surface area contributed by atoms with Gasteiger partial charge in [-0.05, 0) is 81.9 Å². The molecule has 0 heterocycles. The average molecular weight is 431 g/mol. The molecule has 0 amide bonds. The molecule has 2 aliphatic carbocycles. The maximum absolute atomic E-state index is 12.4. The molecule has 4 nitrogen and oxygen atoms in total. The minimum Gasteiger partial charge on any atom is -0.508 e. The zero-order valence-electron chi connectivity index (χ0n) is 20.5. The molecule has 1 N–H and O–H groups in total. The lowest BCUT2D eigenvalue weighted by molar-refractivity contribution is -0.220. The van der Waals surface area contributed by atoms with Crippen LogP contribution in [0.3, 0.4) is 0 Å². The number of rotatable bonds is 8. The maximum Gasteiger partial charge on any atom is 0.313 e. The number of hydrogen-bond donors (Lipinski definition) is 1. The third kappa shape index (κ3) is 6.12. The van der Waals surface area contributed by atoms with Crippen molar-refractivity contribution in [3.05, 3.63) is 42.0 Å². The molecule has 1 saturated carbocycles. The Bertz CT molecular complexity index is 736. The number of allylic oxidation sites excluding steroid dienone is 2. The van der Waals surface area contributed by atoms with Gasteiger partial charge in [0.2, 0.25) is 6.29 Å². The Morgan fingerprint density at radius 1 is 1.19 bits per heavy atom. The largest absolute Gasteiger partial charge is 0.508 e. The van der Waals surface area contributed by atoms with E-state index in [1.54, 1.807) is 12.1 Å². The van der Waals surface area contributed by atoms with E-state index in [1.807, 2.05) is 39.8 Å². The summed E-state index contributed by atoms with van der Waals surface area (Å²) >= 11 is 0. The summed E-state index contributed by atoms with van der Waals surface area (Å²) in [5.41, 5.74) is 0.777. The highest BCUT2D eigenvalue weighted by Gasteiger charge is 2.52. The molecule has 1 aromatic carbocycles. The van der Waals surface area contributed by atoms with Crippen molar-refractivity contribution in [2.75, 3.05) is 6.61 Å². The van der Waals surface area contributed by atoms with Gasteiger partial charge in [-0.3, -0.25) is 4.79 Å². The van der Waals surface area contributed by atoms with Gasteiger partial charge in [-0.15, -0.1) is 0 Å². The third-order valence-electron chi connectivity index (χ3n) is 7.30. The molecule has 4 heteroatoms. The van der Waals surface area contributed by atoms with Gasteiger partial charge < -0.3 is 14.6 Å². The van der Waals surface area contributed by atoms with Crippen molar-refractivity contribution in [2.24, 2.45) is 22.7 Å². The number of esters is 1. The molecule has 174 valence electrons. The molecule has 0 radical (unpaired) electrons. The number of fused-ring (bicyclic) bond motifs is 2. The van der Waals surface area contributed by atoms with Crippen molar-refractivity contribution >= 4 is 5.97 Å². The molecule has 2 bridgehead atoms. The van der Waals surface area contributed by atoms with Gasteiger partial charge in [-0.1, -0.05) is 52.0 Å². The predicted molar refractivity (Wildman–Crippen MR) is 126 cm³/mol. The molecule has 0 aromatic heterocycles. The molecule has 0 spiro atoms. The number of ether oxygens (including phenoxy) is 2. The van der Waals surface area contributed by atoms with E-state index in [1.165, 1.54) is 12.0 Å². The number of aromatic hydroxyl groups is 1. The molecule has 1 aromatic rings. The fourth-order valence-corrected chi connectivity index (χ4v) is 4.35. The minimum absolute atomic E-state index is 0.0745. The molecule has 5 atom stereocenters. The summed E-state index contributed by atoms with van der Waals surface area (Å²) in [6, 6.07) is 7.43. The van der Waals surface area contributed by atoms with Crippen molar-refractivity contribution in [2.45, 2.75) is 86.4 Å². The van der Waals surface area contributed by atoms with Gasteiger partial charge in [0.05, 0.1) is 5.41 Å². The van der Waals surface area contributed by atoms with Crippen LogP contribution >= 0.6 is 0 Å². The minimum atomic E-state index is -0.445. The molecular weight excluding hydrogens is 388 g/mol. The lowest BCUT2D eigenvalue weighted by Gasteiger charge is -2.39. The molecule has 5 unspecified atom stereocenters. The number of hydrogen-bond acceptors (Lipinski definition) is 4. The molecule has 3 rings (SSSR count). The quantitative estimate of drug-likeness (QED) is 0.279. The Balaban J connectivity index is 0.000000262. The number of carbonyl (C=O) groups is 1. The second-order valence-corrected chi connectivity index (χ2v) is 10.0. The summed E-state index contributed by atoms with van der Waals surface area (Å²) in [4.78, 5) is 12.4. The van der Waals surface area contributed by atoms with Crippen LogP contribution in [0.1, 0.15) is 85.6 Å². The van der Waals surface area contributed by atoms with Crippen LogP contribution in [0.4, 0.5) is 0 Å². The second-order valence-electron chi connectivity index (χ2n) is 10.0. The van der Waals surface area contributed by atoms with E-state index in [0.717, 1.165) is 19.3 Å². The van der Waals surface area contributed by atoms with Crippen LogP contribution in [0.2, 0.25) is 0 Å². The predicted octanol–water partition coefficient (Wildman–Crippen LogP) is 6.84. The van der Waals surface area contributed by atoms with E-state index in [9.17, 15) is 4.79 Å². The number of carbonyl (C=O) groups excluding carboxylic acids is 1. The van der Waals surface area contributed by atoms with Crippen LogP contribution in [0.15, 0.2) is 36.4 Å². The fourth-order valence-electron chi connectivity index (χ4n) is 4.35. The lowest BCUT2D eigenvalue weighted by Crippen LogP contribution is -2.43. The molecule has 0 saturated heterocycles. The van der Waals surface area contributed by atoms with E-state index in [-0.39, 0.29) is 11.4 Å². The fraction of sp³-hybridized carbons (Fsp3) is 0.667. The highest BCUT2D eigenvalue weighted by molar-refractivity contribution is 5.76. The standard InChI is InChI=1S/C17H28O3.C10H14O/c1-6-16(3,4)14(18)20-15(19-7-2)17(5)11-12-8-9-13(17)10-12;1-3-8(2)9-4-6-10(11)7-5-9/h8-9,12-13,15H,6-7,10-11H2,1-5H3;4-8,11H,3H2,1-2H3. The van der Waals surface area contributed by atoms with Crippen molar-refractivity contribution in [1.29, 1.82) is 0 Å². The van der Waals surface area contributed by atoms with Crippen molar-refractivity contribution < 1.29 is 19.4 Å². The monoisotopic (exact) mass is 430 g/mol. The van der Waals surface area contributed by atoms with Gasteiger partial charge in [0.1, 0.15) is 5.75 Å². The molecule has 0 aliphatic heterocycles. The van der Waals surface area contributed by atoms with Gasteiger partial charge >= 0.3 is 5.97 Å². The maximum atomic E-state index is 12.4. The van der Waals surface area contributed by atoms with Crippen LogP contribution in [0.5, 0.6) is 5.75 Å². The Hall–Kier alpha value is -1.81.